The highest BCUT2D eigenvalue weighted by atomic mass is 35.5. The minimum Gasteiger partial charge on any atom is -1.00 e. The number of nitrogens with two attached hydrogens (primary N) is 4. The summed E-state index contributed by atoms with van der Waals surface area (Å²) in [6.07, 6.45) is 0. The SMILES string of the molecule is NCCN.NCCN.[Cl-]. The van der Waals surface area contributed by atoms with E-state index in [-0.39, 0.29) is 12.4 Å². The molecule has 0 aliphatic rings. The van der Waals surface area contributed by atoms with Crippen LogP contribution < -0.4 is 35.3 Å². The van der Waals surface area contributed by atoms with Crippen molar-refractivity contribution in [2.75, 3.05) is 26.2 Å². The Balaban J connectivity index is -0.0000000720. The van der Waals surface area contributed by atoms with Crippen LogP contribution in [0.3, 0.4) is 0 Å². The molecule has 0 heterocycles. The maximum Gasteiger partial charge on any atom is 0.00461 e. The van der Waals surface area contributed by atoms with Crippen molar-refractivity contribution in [3.05, 3.63) is 0 Å². The molecule has 0 atom stereocenters. The van der Waals surface area contributed by atoms with Crippen molar-refractivity contribution in [3.8, 4) is 0 Å². The summed E-state index contributed by atoms with van der Waals surface area (Å²) in [4.78, 5) is 0. The van der Waals surface area contributed by atoms with Gasteiger partial charge in [0.1, 0.15) is 0 Å². The van der Waals surface area contributed by atoms with Crippen molar-refractivity contribution in [1.82, 2.24) is 0 Å². The maximum absolute atomic E-state index is 4.90. The van der Waals surface area contributed by atoms with Crippen LogP contribution in [0.2, 0.25) is 0 Å². The highest BCUT2D eigenvalue weighted by molar-refractivity contribution is 4.26. The Labute approximate surface area is 62.4 Å². The molecule has 0 saturated heterocycles. The van der Waals surface area contributed by atoms with Gasteiger partial charge in [-0.25, -0.2) is 0 Å². The van der Waals surface area contributed by atoms with Gasteiger partial charge in [-0.3, -0.25) is 0 Å². The number of hydrogen-bond acceptors (Lipinski definition) is 4. The van der Waals surface area contributed by atoms with Crippen LogP contribution in [0.1, 0.15) is 0 Å². The van der Waals surface area contributed by atoms with E-state index in [1.165, 1.54) is 0 Å². The molecule has 0 aromatic carbocycles. The third-order valence-electron chi connectivity index (χ3n) is 0.333. The first-order valence-corrected chi connectivity index (χ1v) is 2.63. The Morgan fingerprint density at radius 1 is 0.556 bits per heavy atom. The maximum atomic E-state index is 4.90. The van der Waals surface area contributed by atoms with E-state index in [1.54, 1.807) is 0 Å². The minimum atomic E-state index is 0. The zero-order valence-corrected chi connectivity index (χ0v) is 6.27. The van der Waals surface area contributed by atoms with Gasteiger partial charge in [-0.05, 0) is 0 Å². The average Bonchev–Trinajstić information content (AvgIpc) is 1.88. The Morgan fingerprint density at radius 2 is 0.667 bits per heavy atom. The fourth-order valence-electron chi connectivity index (χ4n) is 0. The number of hydrogen-bond donors (Lipinski definition) is 4. The average molecular weight is 156 g/mol. The quantitative estimate of drug-likeness (QED) is 0.320. The summed E-state index contributed by atoms with van der Waals surface area (Å²) in [7, 11) is 0. The van der Waals surface area contributed by atoms with E-state index in [0.29, 0.717) is 26.2 Å². The smallest absolute Gasteiger partial charge is 0.00461 e. The first-order chi connectivity index (χ1) is 3.83. The summed E-state index contributed by atoms with van der Waals surface area (Å²) in [6, 6.07) is 0. The van der Waals surface area contributed by atoms with Crippen LogP contribution in [0.4, 0.5) is 0 Å². The van der Waals surface area contributed by atoms with Crippen LogP contribution in [0.25, 0.3) is 0 Å². The molecule has 0 aliphatic carbocycles. The molecule has 0 rings (SSSR count). The second kappa shape index (κ2) is 24.2. The normalized spacial score (nSPS) is 6.67. The predicted octanol–water partition coefficient (Wildman–Crippen LogP) is -5.19. The van der Waals surface area contributed by atoms with E-state index in [2.05, 4.69) is 0 Å². The van der Waals surface area contributed by atoms with E-state index >= 15 is 0 Å². The molecule has 5 heteroatoms. The molecule has 4 nitrogen and oxygen atoms in total. The summed E-state index contributed by atoms with van der Waals surface area (Å²) < 4.78 is 0. The molecule has 9 heavy (non-hydrogen) atoms. The highest BCUT2D eigenvalue weighted by Gasteiger charge is 1.54. The first kappa shape index (κ1) is 16.1. The molecule has 0 fully saturated rings. The predicted molar refractivity (Wildman–Crippen MR) is 36.2 cm³/mol. The fourth-order valence-corrected chi connectivity index (χ4v) is 0. The van der Waals surface area contributed by atoms with Gasteiger partial charge in [0.2, 0.25) is 0 Å². The van der Waals surface area contributed by atoms with Crippen molar-refractivity contribution >= 4 is 0 Å². The molecular weight excluding hydrogens is 140 g/mol. The Hall–Kier alpha value is 0.130. The van der Waals surface area contributed by atoms with Crippen LogP contribution >= 0.6 is 0 Å². The van der Waals surface area contributed by atoms with Crippen molar-refractivity contribution in [1.29, 1.82) is 0 Å². The zero-order valence-electron chi connectivity index (χ0n) is 5.52. The van der Waals surface area contributed by atoms with Crippen molar-refractivity contribution in [3.63, 3.8) is 0 Å². The second-order valence-electron chi connectivity index (χ2n) is 1.15. The van der Waals surface area contributed by atoms with Gasteiger partial charge in [0.25, 0.3) is 0 Å². The monoisotopic (exact) mass is 155 g/mol. The zero-order chi connectivity index (χ0) is 6.83. The molecular formula is C4H16ClN4-. The van der Waals surface area contributed by atoms with E-state index < -0.39 is 0 Å². The highest BCUT2D eigenvalue weighted by Crippen LogP contribution is 1.24. The lowest BCUT2D eigenvalue weighted by molar-refractivity contribution is -0.00000214. The van der Waals surface area contributed by atoms with Gasteiger partial charge in [0.15, 0.2) is 0 Å². The van der Waals surface area contributed by atoms with Crippen LogP contribution in [0.5, 0.6) is 0 Å². The number of rotatable bonds is 2. The lowest BCUT2D eigenvalue weighted by Crippen LogP contribution is -3.00. The minimum absolute atomic E-state index is 0. The van der Waals surface area contributed by atoms with Crippen LogP contribution in [-0.2, 0) is 0 Å². The third kappa shape index (κ3) is 67.3. The molecule has 8 N–H and O–H groups in total. The van der Waals surface area contributed by atoms with Crippen LogP contribution in [0, 0.1) is 0 Å². The topological polar surface area (TPSA) is 104 Å². The molecule has 0 amide bonds. The molecule has 0 aromatic rings. The summed E-state index contributed by atoms with van der Waals surface area (Å²) in [5.74, 6) is 0. The van der Waals surface area contributed by atoms with Gasteiger partial charge in [-0.15, -0.1) is 0 Å². The van der Waals surface area contributed by atoms with Crippen LogP contribution in [0.15, 0.2) is 0 Å². The van der Waals surface area contributed by atoms with E-state index in [4.69, 9.17) is 22.9 Å². The lowest BCUT2D eigenvalue weighted by atomic mass is 10.7. The van der Waals surface area contributed by atoms with Gasteiger partial charge < -0.3 is 35.3 Å². The van der Waals surface area contributed by atoms with Crippen molar-refractivity contribution in [2.24, 2.45) is 22.9 Å². The molecule has 0 aromatic heterocycles. The molecule has 0 aliphatic heterocycles. The second-order valence-corrected chi connectivity index (χ2v) is 1.15. The Kier molecular flexibility index (Phi) is 43.2. The molecule has 60 valence electrons. The van der Waals surface area contributed by atoms with Crippen LogP contribution in [-0.4, -0.2) is 26.2 Å². The molecule has 0 bridgehead atoms. The van der Waals surface area contributed by atoms with Crippen molar-refractivity contribution < 1.29 is 12.4 Å². The van der Waals surface area contributed by atoms with Gasteiger partial charge >= 0.3 is 0 Å². The van der Waals surface area contributed by atoms with E-state index in [0.717, 1.165) is 0 Å². The first-order valence-electron chi connectivity index (χ1n) is 2.63. The van der Waals surface area contributed by atoms with Gasteiger partial charge in [0.05, 0.1) is 0 Å². The van der Waals surface area contributed by atoms with Crippen molar-refractivity contribution in [2.45, 2.75) is 0 Å². The van der Waals surface area contributed by atoms with E-state index in [1.807, 2.05) is 0 Å². The van der Waals surface area contributed by atoms with Gasteiger partial charge in [-0.2, -0.15) is 0 Å². The molecule has 0 unspecified atom stereocenters. The standard InChI is InChI=1S/2C2H8N2.ClH/c2*3-1-2-4;/h2*1-4H2;1H/p-1. The largest absolute Gasteiger partial charge is 1.00 e. The Morgan fingerprint density at radius 3 is 0.667 bits per heavy atom. The summed E-state index contributed by atoms with van der Waals surface area (Å²) in [5, 5.41) is 0. The summed E-state index contributed by atoms with van der Waals surface area (Å²) in [6.45, 7) is 2.39. The van der Waals surface area contributed by atoms with Gasteiger partial charge in [-0.1, -0.05) is 0 Å². The van der Waals surface area contributed by atoms with E-state index in [9.17, 15) is 0 Å². The fraction of sp³-hybridized carbons (Fsp3) is 1.00. The molecule has 0 spiro atoms. The van der Waals surface area contributed by atoms with Gasteiger partial charge in [0, 0.05) is 26.2 Å². The Bertz CT molecular complexity index is 20.5. The third-order valence-corrected chi connectivity index (χ3v) is 0.333. The molecule has 0 saturated carbocycles. The summed E-state index contributed by atoms with van der Waals surface area (Å²) >= 11 is 0. The lowest BCUT2D eigenvalue weighted by Gasteiger charge is -1.72. The summed E-state index contributed by atoms with van der Waals surface area (Å²) in [5.41, 5.74) is 19.6. The molecule has 0 radical (unpaired) electrons. The number of halogens is 1.